The van der Waals surface area contributed by atoms with Crippen molar-refractivity contribution in [3.05, 3.63) is 63.6 Å². The lowest BCUT2D eigenvalue weighted by Crippen LogP contribution is -2.42. The van der Waals surface area contributed by atoms with E-state index >= 15 is 0 Å². The summed E-state index contributed by atoms with van der Waals surface area (Å²) in [5.41, 5.74) is 3.53. The molecule has 2 atom stereocenters. The van der Waals surface area contributed by atoms with Gasteiger partial charge in [-0.2, -0.15) is 5.10 Å². The first-order chi connectivity index (χ1) is 11.8. The van der Waals surface area contributed by atoms with Crippen molar-refractivity contribution in [2.24, 2.45) is 0 Å². The second kappa shape index (κ2) is 6.87. The number of ether oxygens (including phenoxy) is 1. The van der Waals surface area contributed by atoms with Crippen LogP contribution >= 0.6 is 0 Å². The minimum absolute atomic E-state index is 0.000935. The Kier molecular flexibility index (Phi) is 4.45. The van der Waals surface area contributed by atoms with Crippen LogP contribution in [-0.2, 0) is 24.0 Å². The third-order valence-electron chi connectivity index (χ3n) is 5.01. The summed E-state index contributed by atoms with van der Waals surface area (Å²) in [6, 6.07) is 12.3. The fraction of sp³-hybridized carbons (Fsp3) is 0.474. The highest BCUT2D eigenvalue weighted by Gasteiger charge is 2.31. The van der Waals surface area contributed by atoms with Crippen LogP contribution in [0, 0.1) is 0 Å². The molecule has 126 valence electrons. The van der Waals surface area contributed by atoms with E-state index < -0.39 is 0 Å². The number of hydrogen-bond donors (Lipinski definition) is 1. The van der Waals surface area contributed by atoms with E-state index in [9.17, 15) is 4.79 Å². The molecule has 0 spiro atoms. The third-order valence-corrected chi connectivity index (χ3v) is 5.01. The SMILES string of the molecule is O=c1cc2c(nn1C1COCC1NCCc1ccccc1)CCC2. The van der Waals surface area contributed by atoms with Crippen molar-refractivity contribution in [1.82, 2.24) is 15.1 Å². The van der Waals surface area contributed by atoms with Gasteiger partial charge in [-0.15, -0.1) is 0 Å². The van der Waals surface area contributed by atoms with Crippen LogP contribution in [-0.4, -0.2) is 35.6 Å². The number of nitrogens with one attached hydrogen (secondary N) is 1. The fourth-order valence-corrected chi connectivity index (χ4v) is 3.68. The minimum atomic E-state index is -0.0147. The van der Waals surface area contributed by atoms with E-state index in [1.165, 1.54) is 5.56 Å². The van der Waals surface area contributed by atoms with Gasteiger partial charge in [-0.1, -0.05) is 30.3 Å². The van der Waals surface area contributed by atoms with Gasteiger partial charge in [-0.25, -0.2) is 4.68 Å². The molecule has 0 saturated carbocycles. The number of fused-ring (bicyclic) bond motifs is 1. The summed E-state index contributed by atoms with van der Waals surface area (Å²) in [6.07, 6.45) is 4.04. The number of benzene rings is 1. The molecule has 1 aliphatic heterocycles. The number of rotatable bonds is 5. The van der Waals surface area contributed by atoms with Crippen molar-refractivity contribution >= 4 is 0 Å². The quantitative estimate of drug-likeness (QED) is 0.905. The molecule has 1 aromatic heterocycles. The van der Waals surface area contributed by atoms with E-state index in [1.54, 1.807) is 10.7 Å². The molecule has 4 rings (SSSR count). The minimum Gasteiger partial charge on any atom is -0.377 e. The average Bonchev–Trinajstić information content (AvgIpc) is 3.23. The number of hydrogen-bond acceptors (Lipinski definition) is 4. The van der Waals surface area contributed by atoms with Gasteiger partial charge in [0, 0.05) is 6.07 Å². The summed E-state index contributed by atoms with van der Waals surface area (Å²) in [5.74, 6) is 0. The maximum atomic E-state index is 12.4. The Morgan fingerprint density at radius 3 is 2.96 bits per heavy atom. The van der Waals surface area contributed by atoms with Crippen molar-refractivity contribution in [2.45, 2.75) is 37.8 Å². The monoisotopic (exact) mass is 325 g/mol. The number of aryl methyl sites for hydroxylation is 2. The molecule has 5 heteroatoms. The van der Waals surface area contributed by atoms with Crippen molar-refractivity contribution in [3.63, 3.8) is 0 Å². The zero-order valence-corrected chi connectivity index (χ0v) is 13.8. The topological polar surface area (TPSA) is 56.2 Å². The van der Waals surface area contributed by atoms with Crippen LogP contribution in [0.5, 0.6) is 0 Å². The summed E-state index contributed by atoms with van der Waals surface area (Å²) in [5, 5.41) is 8.18. The zero-order chi connectivity index (χ0) is 16.4. The van der Waals surface area contributed by atoms with Crippen molar-refractivity contribution in [3.8, 4) is 0 Å². The van der Waals surface area contributed by atoms with Crippen LogP contribution in [0.4, 0.5) is 0 Å². The zero-order valence-electron chi connectivity index (χ0n) is 13.8. The Balaban J connectivity index is 1.44. The maximum Gasteiger partial charge on any atom is 0.267 e. The second-order valence-electron chi connectivity index (χ2n) is 6.65. The molecule has 1 N–H and O–H groups in total. The van der Waals surface area contributed by atoms with Crippen molar-refractivity contribution in [2.75, 3.05) is 19.8 Å². The molecule has 1 aromatic carbocycles. The second-order valence-corrected chi connectivity index (χ2v) is 6.65. The summed E-state index contributed by atoms with van der Waals surface area (Å²) in [6.45, 7) is 2.05. The Hall–Kier alpha value is -1.98. The van der Waals surface area contributed by atoms with E-state index in [4.69, 9.17) is 4.74 Å². The first-order valence-corrected chi connectivity index (χ1v) is 8.78. The van der Waals surface area contributed by atoms with Gasteiger partial charge in [0.2, 0.25) is 0 Å². The lowest BCUT2D eigenvalue weighted by molar-refractivity contribution is 0.180. The molecule has 1 aliphatic carbocycles. The van der Waals surface area contributed by atoms with Crippen LogP contribution < -0.4 is 10.9 Å². The normalized spacial score (nSPS) is 22.7. The number of aromatic nitrogens is 2. The van der Waals surface area contributed by atoms with Crippen LogP contribution in [0.2, 0.25) is 0 Å². The fourth-order valence-electron chi connectivity index (χ4n) is 3.68. The molecular formula is C19H23N3O2. The highest BCUT2D eigenvalue weighted by atomic mass is 16.5. The molecule has 0 amide bonds. The molecule has 0 radical (unpaired) electrons. The Morgan fingerprint density at radius 2 is 2.08 bits per heavy atom. The Bertz CT molecular complexity index is 757. The van der Waals surface area contributed by atoms with Gasteiger partial charge in [0.05, 0.1) is 31.0 Å². The van der Waals surface area contributed by atoms with Gasteiger partial charge in [0.1, 0.15) is 0 Å². The van der Waals surface area contributed by atoms with Gasteiger partial charge in [-0.05, 0) is 43.4 Å². The van der Waals surface area contributed by atoms with Gasteiger partial charge in [0.15, 0.2) is 0 Å². The molecule has 2 aromatic rings. The summed E-state index contributed by atoms with van der Waals surface area (Å²) in [7, 11) is 0. The smallest absolute Gasteiger partial charge is 0.267 e. The molecular weight excluding hydrogens is 302 g/mol. The first-order valence-electron chi connectivity index (χ1n) is 8.78. The van der Waals surface area contributed by atoms with E-state index in [-0.39, 0.29) is 17.6 Å². The molecule has 5 nitrogen and oxygen atoms in total. The molecule has 24 heavy (non-hydrogen) atoms. The van der Waals surface area contributed by atoms with Gasteiger partial charge < -0.3 is 10.1 Å². The van der Waals surface area contributed by atoms with E-state index in [0.29, 0.717) is 13.2 Å². The Morgan fingerprint density at radius 1 is 1.21 bits per heavy atom. The molecule has 1 fully saturated rings. The molecule has 2 heterocycles. The van der Waals surface area contributed by atoms with E-state index in [0.717, 1.165) is 43.5 Å². The van der Waals surface area contributed by atoms with Crippen LogP contribution in [0.3, 0.4) is 0 Å². The molecule has 2 aliphatic rings. The standard InChI is InChI=1S/C19H23N3O2/c23-19-11-15-7-4-8-16(15)21-22(19)18-13-24-12-17(18)20-10-9-14-5-2-1-3-6-14/h1-3,5-6,11,17-18,20H,4,7-10,12-13H2. The predicted molar refractivity (Wildman–Crippen MR) is 92.3 cm³/mol. The van der Waals surface area contributed by atoms with Gasteiger partial charge in [-0.3, -0.25) is 4.79 Å². The highest BCUT2D eigenvalue weighted by Crippen LogP contribution is 2.21. The molecule has 0 bridgehead atoms. The van der Waals surface area contributed by atoms with Crippen molar-refractivity contribution < 1.29 is 4.74 Å². The lowest BCUT2D eigenvalue weighted by atomic mass is 10.1. The molecule has 2 unspecified atom stereocenters. The highest BCUT2D eigenvalue weighted by molar-refractivity contribution is 5.22. The lowest BCUT2D eigenvalue weighted by Gasteiger charge is -2.21. The van der Waals surface area contributed by atoms with E-state index in [2.05, 4.69) is 34.7 Å². The summed E-state index contributed by atoms with van der Waals surface area (Å²) < 4.78 is 7.29. The first kappa shape index (κ1) is 15.5. The summed E-state index contributed by atoms with van der Waals surface area (Å²) in [4.78, 5) is 12.4. The van der Waals surface area contributed by atoms with Crippen LogP contribution in [0.25, 0.3) is 0 Å². The number of nitrogens with zero attached hydrogens (tertiary/aromatic N) is 2. The predicted octanol–water partition coefficient (Wildman–Crippen LogP) is 1.50. The Labute approximate surface area is 141 Å². The van der Waals surface area contributed by atoms with Crippen LogP contribution in [0.15, 0.2) is 41.2 Å². The van der Waals surface area contributed by atoms with Crippen molar-refractivity contribution in [1.29, 1.82) is 0 Å². The van der Waals surface area contributed by atoms with Gasteiger partial charge in [0.25, 0.3) is 5.56 Å². The third kappa shape index (κ3) is 3.14. The van der Waals surface area contributed by atoms with E-state index in [1.807, 2.05) is 6.07 Å². The largest absolute Gasteiger partial charge is 0.377 e. The maximum absolute atomic E-state index is 12.4. The summed E-state index contributed by atoms with van der Waals surface area (Å²) >= 11 is 0. The van der Waals surface area contributed by atoms with Gasteiger partial charge >= 0.3 is 0 Å². The average molecular weight is 325 g/mol. The molecule has 1 saturated heterocycles. The van der Waals surface area contributed by atoms with Crippen LogP contribution in [0.1, 0.15) is 29.3 Å².